The molecule has 0 radical (unpaired) electrons. The van der Waals surface area contributed by atoms with E-state index in [0.717, 1.165) is 6.07 Å². The fourth-order valence-corrected chi connectivity index (χ4v) is 1.54. The number of halogens is 2. The van der Waals surface area contributed by atoms with Crippen LogP contribution in [0.4, 0.5) is 4.39 Å². The summed E-state index contributed by atoms with van der Waals surface area (Å²) in [5.74, 6) is -2.06. The van der Waals surface area contributed by atoms with Gasteiger partial charge in [0.25, 0.3) is 5.91 Å². The highest BCUT2D eigenvalue weighted by molar-refractivity contribution is 9.10. The Morgan fingerprint density at radius 1 is 1.42 bits per heavy atom. The van der Waals surface area contributed by atoms with Crippen LogP contribution < -0.4 is 5.32 Å². The summed E-state index contributed by atoms with van der Waals surface area (Å²) >= 11 is 3.07. The van der Waals surface area contributed by atoms with Crippen LogP contribution in [0.15, 0.2) is 22.7 Å². The van der Waals surface area contributed by atoms with Crippen LogP contribution in [0.25, 0.3) is 0 Å². The predicted octanol–water partition coefficient (Wildman–Crippen LogP) is 1.51. The van der Waals surface area contributed by atoms with Gasteiger partial charge < -0.3 is 14.8 Å². The van der Waals surface area contributed by atoms with Gasteiger partial charge in [-0.1, -0.05) is 15.9 Å². The molecule has 0 saturated carbocycles. The lowest BCUT2D eigenvalue weighted by Gasteiger charge is -2.06. The van der Waals surface area contributed by atoms with E-state index >= 15 is 0 Å². The molecule has 104 valence electrons. The van der Waals surface area contributed by atoms with Crippen molar-refractivity contribution in [1.29, 1.82) is 0 Å². The van der Waals surface area contributed by atoms with Gasteiger partial charge in [-0.2, -0.15) is 0 Å². The SMILES string of the molecule is COCCNC(=O)COC(=O)c1ccc(Br)cc1F. The average Bonchev–Trinajstić information content (AvgIpc) is 2.36. The van der Waals surface area contributed by atoms with E-state index in [2.05, 4.69) is 21.2 Å². The van der Waals surface area contributed by atoms with Gasteiger partial charge in [0.05, 0.1) is 12.2 Å². The fraction of sp³-hybridized carbons (Fsp3) is 0.333. The molecule has 0 spiro atoms. The number of benzene rings is 1. The number of hydrogen-bond donors (Lipinski definition) is 1. The molecule has 0 unspecified atom stereocenters. The Morgan fingerprint density at radius 3 is 2.79 bits per heavy atom. The Bertz CT molecular complexity index is 467. The highest BCUT2D eigenvalue weighted by Crippen LogP contribution is 2.15. The summed E-state index contributed by atoms with van der Waals surface area (Å²) in [5.41, 5.74) is -0.215. The first-order valence-electron chi connectivity index (χ1n) is 5.42. The second-order valence-corrected chi connectivity index (χ2v) is 4.46. The standard InChI is InChI=1S/C12H13BrFNO4/c1-18-5-4-15-11(16)7-19-12(17)9-3-2-8(13)6-10(9)14/h2-3,6H,4-5,7H2,1H3,(H,15,16). The number of carbonyl (C=O) groups excluding carboxylic acids is 2. The van der Waals surface area contributed by atoms with Crippen molar-refractivity contribution in [3.05, 3.63) is 34.1 Å². The van der Waals surface area contributed by atoms with Crippen molar-refractivity contribution in [2.45, 2.75) is 0 Å². The quantitative estimate of drug-likeness (QED) is 0.633. The van der Waals surface area contributed by atoms with Crippen LogP contribution in [0.3, 0.4) is 0 Å². The molecule has 0 aliphatic rings. The number of amides is 1. The third kappa shape index (κ3) is 5.35. The molecule has 0 atom stereocenters. The van der Waals surface area contributed by atoms with Crippen LogP contribution in [0.2, 0.25) is 0 Å². The van der Waals surface area contributed by atoms with Crippen molar-refractivity contribution in [2.75, 3.05) is 26.9 Å². The summed E-state index contributed by atoms with van der Waals surface area (Å²) in [7, 11) is 1.50. The predicted molar refractivity (Wildman–Crippen MR) is 69.3 cm³/mol. The van der Waals surface area contributed by atoms with E-state index < -0.39 is 24.3 Å². The van der Waals surface area contributed by atoms with Gasteiger partial charge in [0.1, 0.15) is 5.82 Å². The van der Waals surface area contributed by atoms with Gasteiger partial charge in [0, 0.05) is 18.1 Å². The Hall–Kier alpha value is -1.47. The van der Waals surface area contributed by atoms with E-state index in [1.165, 1.54) is 19.2 Å². The highest BCUT2D eigenvalue weighted by atomic mass is 79.9. The largest absolute Gasteiger partial charge is 0.452 e. The zero-order chi connectivity index (χ0) is 14.3. The summed E-state index contributed by atoms with van der Waals surface area (Å²) in [4.78, 5) is 22.8. The third-order valence-corrected chi connectivity index (χ3v) is 2.61. The maximum absolute atomic E-state index is 13.4. The molecule has 0 heterocycles. The zero-order valence-electron chi connectivity index (χ0n) is 10.2. The minimum atomic E-state index is -0.883. The number of carbonyl (C=O) groups is 2. The molecule has 19 heavy (non-hydrogen) atoms. The normalized spacial score (nSPS) is 10.1. The second kappa shape index (κ2) is 7.85. The van der Waals surface area contributed by atoms with Gasteiger partial charge in [-0.15, -0.1) is 0 Å². The monoisotopic (exact) mass is 333 g/mol. The average molecular weight is 334 g/mol. The van der Waals surface area contributed by atoms with E-state index in [4.69, 9.17) is 9.47 Å². The van der Waals surface area contributed by atoms with Gasteiger partial charge >= 0.3 is 5.97 Å². The summed E-state index contributed by atoms with van der Waals surface area (Å²) in [6, 6.07) is 3.94. The molecule has 1 amide bonds. The van der Waals surface area contributed by atoms with Gasteiger partial charge in [0.15, 0.2) is 6.61 Å². The number of ether oxygens (including phenoxy) is 2. The number of rotatable bonds is 6. The summed E-state index contributed by atoms with van der Waals surface area (Å²) < 4.78 is 23.4. The van der Waals surface area contributed by atoms with Gasteiger partial charge in [-0.05, 0) is 18.2 Å². The van der Waals surface area contributed by atoms with E-state index in [-0.39, 0.29) is 5.56 Å². The molecule has 1 aromatic carbocycles. The molecule has 1 rings (SSSR count). The van der Waals surface area contributed by atoms with E-state index in [1.54, 1.807) is 0 Å². The van der Waals surface area contributed by atoms with E-state index in [9.17, 15) is 14.0 Å². The molecule has 0 aliphatic heterocycles. The second-order valence-electron chi connectivity index (χ2n) is 3.54. The van der Waals surface area contributed by atoms with Crippen LogP contribution in [-0.2, 0) is 14.3 Å². The molecule has 0 fully saturated rings. The minimum absolute atomic E-state index is 0.215. The van der Waals surface area contributed by atoms with Crippen molar-refractivity contribution >= 4 is 27.8 Å². The van der Waals surface area contributed by atoms with Crippen molar-refractivity contribution in [3.8, 4) is 0 Å². The molecule has 1 aromatic rings. The molecule has 0 bridgehead atoms. The lowest BCUT2D eigenvalue weighted by atomic mass is 10.2. The van der Waals surface area contributed by atoms with Crippen LogP contribution in [0, 0.1) is 5.82 Å². The topological polar surface area (TPSA) is 64.6 Å². The first kappa shape index (κ1) is 15.6. The highest BCUT2D eigenvalue weighted by Gasteiger charge is 2.14. The lowest BCUT2D eigenvalue weighted by Crippen LogP contribution is -2.31. The summed E-state index contributed by atoms with van der Waals surface area (Å²) in [6.07, 6.45) is 0. The lowest BCUT2D eigenvalue weighted by molar-refractivity contribution is -0.124. The van der Waals surface area contributed by atoms with Crippen LogP contribution in [0.5, 0.6) is 0 Å². The Kier molecular flexibility index (Phi) is 6.44. The summed E-state index contributed by atoms with van der Waals surface area (Å²) in [6.45, 7) is 0.221. The third-order valence-electron chi connectivity index (χ3n) is 2.11. The minimum Gasteiger partial charge on any atom is -0.452 e. The fourth-order valence-electron chi connectivity index (χ4n) is 1.21. The molecule has 1 N–H and O–H groups in total. The Balaban J connectivity index is 2.45. The zero-order valence-corrected chi connectivity index (χ0v) is 11.8. The van der Waals surface area contributed by atoms with Crippen LogP contribution >= 0.6 is 15.9 Å². The maximum Gasteiger partial charge on any atom is 0.341 e. The number of hydrogen-bond acceptors (Lipinski definition) is 4. The van der Waals surface area contributed by atoms with Crippen molar-refractivity contribution in [1.82, 2.24) is 5.32 Å². The van der Waals surface area contributed by atoms with E-state index in [0.29, 0.717) is 17.6 Å². The van der Waals surface area contributed by atoms with Crippen LogP contribution in [-0.4, -0.2) is 38.7 Å². The molecule has 7 heteroatoms. The van der Waals surface area contributed by atoms with E-state index in [1.807, 2.05) is 0 Å². The van der Waals surface area contributed by atoms with Crippen LogP contribution in [0.1, 0.15) is 10.4 Å². The van der Waals surface area contributed by atoms with Crippen molar-refractivity contribution in [2.24, 2.45) is 0 Å². The number of methoxy groups -OCH3 is 1. The smallest absolute Gasteiger partial charge is 0.341 e. The van der Waals surface area contributed by atoms with Crippen molar-refractivity contribution < 1.29 is 23.5 Å². The first-order valence-corrected chi connectivity index (χ1v) is 6.21. The molecule has 0 aliphatic carbocycles. The van der Waals surface area contributed by atoms with Gasteiger partial charge in [-0.25, -0.2) is 9.18 Å². The Morgan fingerprint density at radius 2 is 2.16 bits per heavy atom. The Labute approximate surface area is 118 Å². The number of nitrogens with one attached hydrogen (secondary N) is 1. The summed E-state index contributed by atoms with van der Waals surface area (Å²) in [5, 5.41) is 2.47. The molecular formula is C12H13BrFNO4. The molecule has 0 saturated heterocycles. The first-order chi connectivity index (χ1) is 9.04. The molecule has 0 aromatic heterocycles. The number of esters is 1. The van der Waals surface area contributed by atoms with Crippen molar-refractivity contribution in [3.63, 3.8) is 0 Å². The molecule has 5 nitrogen and oxygen atoms in total. The molecular weight excluding hydrogens is 321 g/mol. The van der Waals surface area contributed by atoms with Gasteiger partial charge in [0.2, 0.25) is 0 Å². The van der Waals surface area contributed by atoms with Gasteiger partial charge in [-0.3, -0.25) is 4.79 Å². The maximum atomic E-state index is 13.4.